The van der Waals surface area contributed by atoms with Crippen molar-refractivity contribution in [1.82, 2.24) is 0 Å². The van der Waals surface area contributed by atoms with Crippen molar-refractivity contribution in [2.24, 2.45) is 22.2 Å². The molecule has 4 aliphatic carbocycles. The van der Waals surface area contributed by atoms with Crippen molar-refractivity contribution >= 4 is 5.97 Å². The van der Waals surface area contributed by atoms with E-state index >= 15 is 0 Å². The molecule has 15 heavy (non-hydrogen) atoms. The fourth-order valence-electron chi connectivity index (χ4n) is 5.69. The predicted octanol–water partition coefficient (Wildman–Crippen LogP) is 3.07. The maximum atomic E-state index is 11.5. The molecule has 0 unspecified atom stereocenters. The highest BCUT2D eigenvalue weighted by atomic mass is 16.4. The summed E-state index contributed by atoms with van der Waals surface area (Å²) in [6.07, 6.45) is 6.62. The fourth-order valence-corrected chi connectivity index (χ4v) is 5.69. The largest absolute Gasteiger partial charge is 0.481 e. The third kappa shape index (κ3) is 1.20. The van der Waals surface area contributed by atoms with Gasteiger partial charge in [0.05, 0.1) is 5.41 Å². The Labute approximate surface area is 91.1 Å². The summed E-state index contributed by atoms with van der Waals surface area (Å²) in [4.78, 5) is 11.5. The van der Waals surface area contributed by atoms with E-state index in [1.165, 1.54) is 19.3 Å². The average Bonchev–Trinajstić information content (AvgIpc) is 1.95. The van der Waals surface area contributed by atoms with E-state index < -0.39 is 5.97 Å². The summed E-state index contributed by atoms with van der Waals surface area (Å²) in [7, 11) is 0. The lowest BCUT2D eigenvalue weighted by molar-refractivity contribution is -0.185. The summed E-state index contributed by atoms with van der Waals surface area (Å²) < 4.78 is 0. The molecule has 0 aromatic rings. The Morgan fingerprint density at radius 3 is 2.00 bits per heavy atom. The van der Waals surface area contributed by atoms with Crippen molar-refractivity contribution < 1.29 is 9.90 Å². The minimum absolute atomic E-state index is 0.326. The Morgan fingerprint density at radius 1 is 1.07 bits per heavy atom. The zero-order valence-corrected chi connectivity index (χ0v) is 9.68. The molecule has 0 heterocycles. The first-order chi connectivity index (χ1) is 6.85. The predicted molar refractivity (Wildman–Crippen MR) is 57.5 cm³/mol. The van der Waals surface area contributed by atoms with E-state index in [2.05, 4.69) is 13.8 Å². The number of aliphatic carboxylic acids is 1. The zero-order valence-electron chi connectivity index (χ0n) is 9.68. The van der Waals surface area contributed by atoms with Crippen LogP contribution < -0.4 is 0 Å². The lowest BCUT2D eigenvalue weighted by Gasteiger charge is -2.63. The van der Waals surface area contributed by atoms with E-state index in [0.717, 1.165) is 19.3 Å². The van der Waals surface area contributed by atoms with Gasteiger partial charge >= 0.3 is 5.97 Å². The van der Waals surface area contributed by atoms with Gasteiger partial charge < -0.3 is 5.11 Å². The number of carboxylic acids is 1. The monoisotopic (exact) mass is 208 g/mol. The molecule has 0 aromatic heterocycles. The van der Waals surface area contributed by atoms with Crippen molar-refractivity contribution in [3.05, 3.63) is 0 Å². The molecule has 2 heteroatoms. The average molecular weight is 208 g/mol. The lowest BCUT2D eigenvalue weighted by atomic mass is 9.40. The normalized spacial score (nSPS) is 57.1. The first-order valence-electron chi connectivity index (χ1n) is 6.08. The van der Waals surface area contributed by atoms with E-state index in [1.807, 2.05) is 0 Å². The third-order valence-corrected chi connectivity index (χ3v) is 5.08. The molecule has 2 nitrogen and oxygen atoms in total. The Hall–Kier alpha value is -0.530. The van der Waals surface area contributed by atoms with E-state index in [4.69, 9.17) is 0 Å². The van der Waals surface area contributed by atoms with Gasteiger partial charge in [-0.25, -0.2) is 0 Å². The summed E-state index contributed by atoms with van der Waals surface area (Å²) in [5, 5.41) is 9.51. The molecule has 0 radical (unpaired) electrons. The topological polar surface area (TPSA) is 37.3 Å². The molecule has 0 aromatic carbocycles. The molecule has 4 fully saturated rings. The minimum atomic E-state index is -0.524. The summed E-state index contributed by atoms with van der Waals surface area (Å²) in [6.45, 7) is 4.63. The first-order valence-corrected chi connectivity index (χ1v) is 6.08. The van der Waals surface area contributed by atoms with Crippen LogP contribution in [0.25, 0.3) is 0 Å². The molecule has 2 atom stereocenters. The number of hydrogen-bond donors (Lipinski definition) is 1. The van der Waals surface area contributed by atoms with Crippen molar-refractivity contribution in [2.75, 3.05) is 0 Å². The molecule has 84 valence electrons. The van der Waals surface area contributed by atoms with Crippen LogP contribution in [0.4, 0.5) is 0 Å². The van der Waals surface area contributed by atoms with Gasteiger partial charge in [-0.15, -0.1) is 0 Å². The molecule has 1 N–H and O–H groups in total. The van der Waals surface area contributed by atoms with E-state index in [-0.39, 0.29) is 5.41 Å². The van der Waals surface area contributed by atoms with Crippen LogP contribution in [0.1, 0.15) is 52.4 Å². The third-order valence-electron chi connectivity index (χ3n) is 5.08. The molecule has 0 amide bonds. The number of carbonyl (C=O) groups is 1. The summed E-state index contributed by atoms with van der Waals surface area (Å²) in [5.41, 5.74) is 0.294. The Kier molecular flexibility index (Phi) is 1.56. The van der Waals surface area contributed by atoms with Crippen molar-refractivity contribution in [3.8, 4) is 0 Å². The van der Waals surface area contributed by atoms with Crippen LogP contribution in [-0.2, 0) is 4.79 Å². The second-order valence-electron chi connectivity index (χ2n) is 7.22. The second-order valence-corrected chi connectivity index (χ2v) is 7.22. The molecule has 4 bridgehead atoms. The van der Waals surface area contributed by atoms with E-state index in [1.54, 1.807) is 0 Å². The highest BCUT2D eigenvalue weighted by Gasteiger charge is 2.62. The van der Waals surface area contributed by atoms with Gasteiger partial charge in [0.2, 0.25) is 0 Å². The quantitative estimate of drug-likeness (QED) is 0.719. The second kappa shape index (κ2) is 2.41. The number of hydrogen-bond acceptors (Lipinski definition) is 1. The SMILES string of the molecule is C[C@]12CC3CC(C(=O)O)(C1)C[C@](C)(C3)C2. The standard InChI is InChI=1S/C13H20O2/c1-11-3-9-4-12(2,6-11)8-13(5-9,7-11)10(14)15/h9H,3-8H2,1-2H3,(H,14,15)/t9?,11-,12-,13?/m1/s1. The first kappa shape index (κ1) is 9.68. The van der Waals surface area contributed by atoms with E-state index in [0.29, 0.717) is 16.7 Å². The van der Waals surface area contributed by atoms with Crippen LogP contribution in [-0.4, -0.2) is 11.1 Å². The maximum absolute atomic E-state index is 11.5. The summed E-state index contributed by atoms with van der Waals surface area (Å²) in [6, 6.07) is 0. The molecule has 4 saturated carbocycles. The van der Waals surface area contributed by atoms with Crippen LogP contribution in [0, 0.1) is 22.2 Å². The Morgan fingerprint density at radius 2 is 1.60 bits per heavy atom. The summed E-state index contributed by atoms with van der Waals surface area (Å²) >= 11 is 0. The van der Waals surface area contributed by atoms with Gasteiger partial charge in [0.15, 0.2) is 0 Å². The molecule has 4 aliphatic rings. The highest BCUT2D eigenvalue weighted by molar-refractivity contribution is 5.75. The van der Waals surface area contributed by atoms with Gasteiger partial charge in [-0.05, 0) is 55.3 Å². The van der Waals surface area contributed by atoms with Gasteiger partial charge in [-0.1, -0.05) is 13.8 Å². The maximum Gasteiger partial charge on any atom is 0.309 e. The van der Waals surface area contributed by atoms with Crippen LogP contribution in [0.3, 0.4) is 0 Å². The summed E-state index contributed by atoms with van der Waals surface area (Å²) in [5.74, 6) is 0.163. The van der Waals surface area contributed by atoms with Crippen LogP contribution in [0.5, 0.6) is 0 Å². The molecule has 0 spiro atoms. The van der Waals surface area contributed by atoms with Gasteiger partial charge in [0.25, 0.3) is 0 Å². The Balaban J connectivity index is 2.05. The highest BCUT2D eigenvalue weighted by Crippen LogP contribution is 2.69. The van der Waals surface area contributed by atoms with Gasteiger partial charge in [-0.2, -0.15) is 0 Å². The van der Waals surface area contributed by atoms with Gasteiger partial charge in [0, 0.05) is 0 Å². The molecule has 0 aliphatic heterocycles. The molecular formula is C13H20O2. The molecule has 0 saturated heterocycles. The van der Waals surface area contributed by atoms with Crippen molar-refractivity contribution in [1.29, 1.82) is 0 Å². The lowest BCUT2D eigenvalue weighted by Crippen LogP contribution is -2.57. The van der Waals surface area contributed by atoms with Crippen molar-refractivity contribution in [2.45, 2.75) is 52.4 Å². The Bertz CT molecular complexity index is 315. The number of rotatable bonds is 1. The fraction of sp³-hybridized carbons (Fsp3) is 0.923. The van der Waals surface area contributed by atoms with Crippen LogP contribution in [0.2, 0.25) is 0 Å². The van der Waals surface area contributed by atoms with Crippen molar-refractivity contribution in [3.63, 3.8) is 0 Å². The van der Waals surface area contributed by atoms with Crippen LogP contribution in [0.15, 0.2) is 0 Å². The zero-order chi connectivity index (χ0) is 10.9. The smallest absolute Gasteiger partial charge is 0.309 e. The van der Waals surface area contributed by atoms with Gasteiger partial charge in [0.1, 0.15) is 0 Å². The number of carboxylic acid groups (broad SMARTS) is 1. The molecular weight excluding hydrogens is 188 g/mol. The molecule has 4 rings (SSSR count). The van der Waals surface area contributed by atoms with E-state index in [9.17, 15) is 9.90 Å². The minimum Gasteiger partial charge on any atom is -0.481 e. The van der Waals surface area contributed by atoms with Gasteiger partial charge in [-0.3, -0.25) is 4.79 Å². The van der Waals surface area contributed by atoms with Crippen LogP contribution >= 0.6 is 0 Å².